The van der Waals surface area contributed by atoms with Crippen LogP contribution < -0.4 is 0 Å². The molecule has 3 nitrogen and oxygen atoms in total. The van der Waals surface area contributed by atoms with Crippen molar-refractivity contribution in [1.29, 1.82) is 0 Å². The summed E-state index contributed by atoms with van der Waals surface area (Å²) in [5.41, 5.74) is 0.323. The number of hydrogen-bond donors (Lipinski definition) is 0. The summed E-state index contributed by atoms with van der Waals surface area (Å²) in [7, 11) is 0. The van der Waals surface area contributed by atoms with Crippen LogP contribution >= 0.6 is 15.9 Å². The Hall–Kier alpha value is -1.23. The Morgan fingerprint density at radius 1 is 1.43 bits per heavy atom. The van der Waals surface area contributed by atoms with E-state index < -0.39 is 0 Å². The van der Waals surface area contributed by atoms with E-state index in [-0.39, 0.29) is 11.6 Å². The van der Waals surface area contributed by atoms with Crippen molar-refractivity contribution in [3.8, 4) is 11.4 Å². The normalized spacial score (nSPS) is 10.5. The lowest BCUT2D eigenvalue weighted by Crippen LogP contribution is -1.87. The lowest BCUT2D eigenvalue weighted by Gasteiger charge is -1.99. The fourth-order valence-electron chi connectivity index (χ4n) is 1.11. The minimum Gasteiger partial charge on any atom is -0.339 e. The van der Waals surface area contributed by atoms with Crippen LogP contribution in [0.3, 0.4) is 0 Å². The predicted octanol–water partition coefficient (Wildman–Crippen LogP) is 2.95. The van der Waals surface area contributed by atoms with E-state index in [1.54, 1.807) is 19.1 Å². The van der Waals surface area contributed by atoms with Gasteiger partial charge in [0, 0.05) is 11.4 Å². The van der Waals surface area contributed by atoms with Crippen molar-refractivity contribution < 1.29 is 8.91 Å². The fraction of sp³-hybridized carbons (Fsp3) is 0.111. The molecule has 0 radical (unpaired) electrons. The average Bonchev–Trinajstić information content (AvgIpc) is 2.51. The van der Waals surface area contributed by atoms with E-state index in [0.29, 0.717) is 15.9 Å². The summed E-state index contributed by atoms with van der Waals surface area (Å²) in [6.07, 6.45) is 0. The van der Waals surface area contributed by atoms with Crippen LogP contribution in [0.4, 0.5) is 4.39 Å². The van der Waals surface area contributed by atoms with Crippen LogP contribution in [0, 0.1) is 12.7 Å². The molecular formula is C9H6BrFN2O. The van der Waals surface area contributed by atoms with Crippen LogP contribution in [-0.2, 0) is 0 Å². The van der Waals surface area contributed by atoms with E-state index in [0.717, 1.165) is 0 Å². The molecule has 0 bridgehead atoms. The summed E-state index contributed by atoms with van der Waals surface area (Å²) in [5, 5.41) is 3.65. The SMILES string of the molecule is Cc1nc(-c2c(F)cccc2Br)no1. The van der Waals surface area contributed by atoms with Crippen molar-refractivity contribution in [2.45, 2.75) is 6.92 Å². The van der Waals surface area contributed by atoms with Crippen molar-refractivity contribution in [2.24, 2.45) is 0 Å². The first-order chi connectivity index (χ1) is 6.68. The van der Waals surface area contributed by atoms with Gasteiger partial charge in [0.05, 0.1) is 5.56 Å². The topological polar surface area (TPSA) is 38.9 Å². The van der Waals surface area contributed by atoms with Crippen LogP contribution in [0.15, 0.2) is 27.2 Å². The number of benzene rings is 1. The molecule has 2 aromatic rings. The van der Waals surface area contributed by atoms with Crippen molar-refractivity contribution in [3.05, 3.63) is 34.4 Å². The summed E-state index contributed by atoms with van der Waals surface area (Å²) in [6.45, 7) is 1.66. The Balaban J connectivity index is 2.61. The molecule has 0 saturated heterocycles. The zero-order valence-corrected chi connectivity index (χ0v) is 8.88. The van der Waals surface area contributed by atoms with Gasteiger partial charge in [-0.2, -0.15) is 4.98 Å². The Bertz CT molecular complexity index is 449. The van der Waals surface area contributed by atoms with Crippen molar-refractivity contribution >= 4 is 15.9 Å². The molecule has 5 heteroatoms. The van der Waals surface area contributed by atoms with E-state index >= 15 is 0 Å². The van der Waals surface area contributed by atoms with Crippen molar-refractivity contribution in [2.75, 3.05) is 0 Å². The predicted molar refractivity (Wildman–Crippen MR) is 52.1 cm³/mol. The molecule has 0 spiro atoms. The average molecular weight is 257 g/mol. The third-order valence-electron chi connectivity index (χ3n) is 1.71. The van der Waals surface area contributed by atoms with Gasteiger partial charge in [0.15, 0.2) is 0 Å². The Morgan fingerprint density at radius 3 is 2.79 bits per heavy atom. The summed E-state index contributed by atoms with van der Waals surface area (Å²) in [5.74, 6) is 0.294. The first kappa shape index (κ1) is 9.33. The van der Waals surface area contributed by atoms with Gasteiger partial charge in [0.2, 0.25) is 11.7 Å². The second-order valence-electron chi connectivity index (χ2n) is 2.73. The Labute approximate surface area is 88.1 Å². The maximum absolute atomic E-state index is 13.4. The third-order valence-corrected chi connectivity index (χ3v) is 2.37. The molecular weight excluding hydrogens is 251 g/mol. The number of aromatic nitrogens is 2. The number of aryl methyl sites for hydroxylation is 1. The largest absolute Gasteiger partial charge is 0.339 e. The Kier molecular flexibility index (Phi) is 2.33. The van der Waals surface area contributed by atoms with Gasteiger partial charge in [-0.3, -0.25) is 0 Å². The van der Waals surface area contributed by atoms with E-state index in [2.05, 4.69) is 26.1 Å². The lowest BCUT2D eigenvalue weighted by atomic mass is 10.2. The number of nitrogens with zero attached hydrogens (tertiary/aromatic N) is 2. The molecule has 0 unspecified atom stereocenters. The second kappa shape index (κ2) is 3.49. The molecule has 0 atom stereocenters. The molecule has 1 aromatic heterocycles. The monoisotopic (exact) mass is 256 g/mol. The summed E-state index contributed by atoms with van der Waals surface area (Å²) in [4.78, 5) is 3.95. The molecule has 0 aliphatic rings. The molecule has 14 heavy (non-hydrogen) atoms. The molecule has 2 rings (SSSR count). The van der Waals surface area contributed by atoms with Gasteiger partial charge in [-0.15, -0.1) is 0 Å². The quantitative estimate of drug-likeness (QED) is 0.788. The molecule has 72 valence electrons. The van der Waals surface area contributed by atoms with Crippen LogP contribution in [0.25, 0.3) is 11.4 Å². The van der Waals surface area contributed by atoms with E-state index in [9.17, 15) is 4.39 Å². The van der Waals surface area contributed by atoms with Gasteiger partial charge in [-0.1, -0.05) is 11.2 Å². The number of hydrogen-bond acceptors (Lipinski definition) is 3. The third kappa shape index (κ3) is 1.55. The fourth-order valence-corrected chi connectivity index (χ4v) is 1.63. The van der Waals surface area contributed by atoms with Gasteiger partial charge in [-0.05, 0) is 28.1 Å². The van der Waals surface area contributed by atoms with Crippen LogP contribution in [-0.4, -0.2) is 10.1 Å². The highest BCUT2D eigenvalue weighted by molar-refractivity contribution is 9.10. The molecule has 0 aliphatic heterocycles. The van der Waals surface area contributed by atoms with Gasteiger partial charge in [-0.25, -0.2) is 4.39 Å². The lowest BCUT2D eigenvalue weighted by molar-refractivity contribution is 0.394. The summed E-state index contributed by atoms with van der Waals surface area (Å²) >= 11 is 3.23. The van der Waals surface area contributed by atoms with Crippen molar-refractivity contribution in [3.63, 3.8) is 0 Å². The first-order valence-electron chi connectivity index (χ1n) is 3.93. The molecule has 1 heterocycles. The zero-order valence-electron chi connectivity index (χ0n) is 7.29. The zero-order chi connectivity index (χ0) is 10.1. The smallest absolute Gasteiger partial charge is 0.223 e. The first-order valence-corrected chi connectivity index (χ1v) is 4.72. The molecule has 0 fully saturated rings. The van der Waals surface area contributed by atoms with E-state index in [1.807, 2.05) is 0 Å². The van der Waals surface area contributed by atoms with Crippen LogP contribution in [0.1, 0.15) is 5.89 Å². The minimum atomic E-state index is -0.375. The molecule has 0 N–H and O–H groups in total. The number of rotatable bonds is 1. The van der Waals surface area contributed by atoms with E-state index in [4.69, 9.17) is 4.52 Å². The van der Waals surface area contributed by atoms with Crippen LogP contribution in [0.5, 0.6) is 0 Å². The molecule has 0 aliphatic carbocycles. The summed E-state index contributed by atoms with van der Waals surface area (Å²) < 4.78 is 18.8. The number of halogens is 2. The molecule has 1 aromatic carbocycles. The summed E-state index contributed by atoms with van der Waals surface area (Å²) in [6, 6.07) is 4.69. The van der Waals surface area contributed by atoms with Gasteiger partial charge in [0.25, 0.3) is 0 Å². The highest BCUT2D eigenvalue weighted by Crippen LogP contribution is 2.28. The van der Waals surface area contributed by atoms with Crippen molar-refractivity contribution in [1.82, 2.24) is 10.1 Å². The van der Waals surface area contributed by atoms with Gasteiger partial charge in [0.1, 0.15) is 5.82 Å². The highest BCUT2D eigenvalue weighted by Gasteiger charge is 2.14. The molecule has 0 amide bonds. The second-order valence-corrected chi connectivity index (χ2v) is 3.59. The standard InChI is InChI=1S/C9H6BrFN2O/c1-5-12-9(13-14-5)8-6(10)3-2-4-7(8)11/h2-4H,1H3. The maximum atomic E-state index is 13.4. The minimum absolute atomic E-state index is 0.257. The van der Waals surface area contributed by atoms with Gasteiger partial charge < -0.3 is 4.52 Å². The van der Waals surface area contributed by atoms with Crippen LogP contribution in [0.2, 0.25) is 0 Å². The van der Waals surface area contributed by atoms with E-state index in [1.165, 1.54) is 6.07 Å². The Morgan fingerprint density at radius 2 is 2.21 bits per heavy atom. The maximum Gasteiger partial charge on any atom is 0.223 e. The van der Waals surface area contributed by atoms with Gasteiger partial charge >= 0.3 is 0 Å². The highest BCUT2D eigenvalue weighted by atomic mass is 79.9. The molecule has 0 saturated carbocycles.